The van der Waals surface area contributed by atoms with Gasteiger partial charge in [0, 0.05) is 6.04 Å². The summed E-state index contributed by atoms with van der Waals surface area (Å²) in [4.78, 5) is 0. The standard InChI is InChI=1S/C16H22FN/c1-2-18-16(14-8-4-3-5-9-14)12-13-7-6-10-15(17)11-13/h6-8,10-11,16,18H,2-5,9,12H2,1H3. The highest BCUT2D eigenvalue weighted by Crippen LogP contribution is 2.22. The van der Waals surface area contributed by atoms with Gasteiger partial charge < -0.3 is 5.32 Å². The van der Waals surface area contributed by atoms with Crippen molar-refractivity contribution in [2.45, 2.75) is 45.1 Å². The molecule has 1 aliphatic rings. The van der Waals surface area contributed by atoms with Crippen LogP contribution in [0.5, 0.6) is 0 Å². The Morgan fingerprint density at radius 2 is 2.22 bits per heavy atom. The predicted octanol–water partition coefficient (Wildman–Crippen LogP) is 3.85. The van der Waals surface area contributed by atoms with Gasteiger partial charge >= 0.3 is 0 Å². The van der Waals surface area contributed by atoms with Gasteiger partial charge in [0.15, 0.2) is 0 Å². The average Bonchev–Trinajstić information content (AvgIpc) is 2.39. The normalized spacial score (nSPS) is 17.3. The number of rotatable bonds is 5. The Labute approximate surface area is 109 Å². The van der Waals surface area contributed by atoms with Crippen LogP contribution in [0.4, 0.5) is 4.39 Å². The second-order valence-corrected chi connectivity index (χ2v) is 4.97. The van der Waals surface area contributed by atoms with E-state index >= 15 is 0 Å². The first-order valence-corrected chi connectivity index (χ1v) is 6.96. The summed E-state index contributed by atoms with van der Waals surface area (Å²) in [6.07, 6.45) is 8.24. The molecule has 0 bridgehead atoms. The highest BCUT2D eigenvalue weighted by Gasteiger charge is 2.15. The number of hydrogen-bond acceptors (Lipinski definition) is 1. The first-order chi connectivity index (χ1) is 8.79. The first kappa shape index (κ1) is 13.3. The summed E-state index contributed by atoms with van der Waals surface area (Å²) in [6, 6.07) is 7.33. The highest BCUT2D eigenvalue weighted by molar-refractivity contribution is 5.22. The van der Waals surface area contributed by atoms with Gasteiger partial charge in [-0.2, -0.15) is 0 Å². The first-order valence-electron chi connectivity index (χ1n) is 6.96. The van der Waals surface area contributed by atoms with Crippen molar-refractivity contribution in [2.75, 3.05) is 6.54 Å². The average molecular weight is 247 g/mol. The summed E-state index contributed by atoms with van der Waals surface area (Å²) in [5, 5.41) is 3.53. The Balaban J connectivity index is 2.08. The fraction of sp³-hybridized carbons (Fsp3) is 0.500. The van der Waals surface area contributed by atoms with E-state index in [0.29, 0.717) is 6.04 Å². The molecule has 2 heteroatoms. The van der Waals surface area contributed by atoms with Crippen molar-refractivity contribution >= 4 is 0 Å². The third kappa shape index (κ3) is 3.67. The fourth-order valence-electron chi connectivity index (χ4n) is 2.66. The quantitative estimate of drug-likeness (QED) is 0.779. The molecule has 1 aliphatic carbocycles. The molecule has 18 heavy (non-hydrogen) atoms. The van der Waals surface area contributed by atoms with E-state index in [2.05, 4.69) is 18.3 Å². The largest absolute Gasteiger partial charge is 0.310 e. The Morgan fingerprint density at radius 3 is 2.89 bits per heavy atom. The van der Waals surface area contributed by atoms with Crippen LogP contribution in [0.2, 0.25) is 0 Å². The fourth-order valence-corrected chi connectivity index (χ4v) is 2.66. The van der Waals surface area contributed by atoms with Crippen LogP contribution in [0.15, 0.2) is 35.9 Å². The van der Waals surface area contributed by atoms with E-state index in [1.54, 1.807) is 12.1 Å². The monoisotopic (exact) mass is 247 g/mol. The molecule has 0 amide bonds. The van der Waals surface area contributed by atoms with E-state index < -0.39 is 0 Å². The van der Waals surface area contributed by atoms with Gasteiger partial charge in [0.2, 0.25) is 0 Å². The van der Waals surface area contributed by atoms with Crippen molar-refractivity contribution in [3.8, 4) is 0 Å². The Bertz CT molecular complexity index is 411. The number of nitrogens with one attached hydrogen (secondary N) is 1. The maximum atomic E-state index is 13.2. The number of benzene rings is 1. The minimum Gasteiger partial charge on any atom is -0.310 e. The molecular weight excluding hydrogens is 225 g/mol. The van der Waals surface area contributed by atoms with E-state index in [4.69, 9.17) is 0 Å². The van der Waals surface area contributed by atoms with Gasteiger partial charge in [-0.3, -0.25) is 0 Å². The molecule has 1 unspecified atom stereocenters. The lowest BCUT2D eigenvalue weighted by Crippen LogP contribution is -2.33. The lowest BCUT2D eigenvalue weighted by molar-refractivity contribution is 0.539. The number of likely N-dealkylation sites (N-methyl/N-ethyl adjacent to an activating group) is 1. The van der Waals surface area contributed by atoms with Crippen LogP contribution in [-0.4, -0.2) is 12.6 Å². The zero-order chi connectivity index (χ0) is 12.8. The van der Waals surface area contributed by atoms with Gasteiger partial charge in [-0.15, -0.1) is 0 Å². The van der Waals surface area contributed by atoms with Crippen LogP contribution < -0.4 is 5.32 Å². The molecule has 0 spiro atoms. The van der Waals surface area contributed by atoms with Crippen LogP contribution in [0.25, 0.3) is 0 Å². The molecule has 0 radical (unpaired) electrons. The van der Waals surface area contributed by atoms with Crippen LogP contribution in [0.3, 0.4) is 0 Å². The molecule has 0 saturated carbocycles. The smallest absolute Gasteiger partial charge is 0.123 e. The van der Waals surface area contributed by atoms with Gasteiger partial charge in [-0.1, -0.05) is 30.7 Å². The molecule has 0 aromatic heterocycles. The molecule has 1 nitrogen and oxygen atoms in total. The van der Waals surface area contributed by atoms with Crippen LogP contribution in [-0.2, 0) is 6.42 Å². The number of halogens is 1. The van der Waals surface area contributed by atoms with Crippen molar-refractivity contribution < 1.29 is 4.39 Å². The molecule has 2 rings (SSSR count). The second-order valence-electron chi connectivity index (χ2n) is 4.97. The Kier molecular flexibility index (Phi) is 4.94. The third-order valence-corrected chi connectivity index (χ3v) is 3.55. The molecule has 1 atom stereocenters. The van der Waals surface area contributed by atoms with E-state index in [9.17, 15) is 4.39 Å². The predicted molar refractivity (Wildman–Crippen MR) is 74.1 cm³/mol. The van der Waals surface area contributed by atoms with Crippen LogP contribution in [0.1, 0.15) is 38.2 Å². The zero-order valence-electron chi connectivity index (χ0n) is 11.1. The summed E-state index contributed by atoms with van der Waals surface area (Å²) in [7, 11) is 0. The SMILES string of the molecule is CCNC(Cc1cccc(F)c1)C1=CCCCC1. The second kappa shape index (κ2) is 6.69. The summed E-state index contributed by atoms with van der Waals surface area (Å²) in [5.41, 5.74) is 2.58. The van der Waals surface area contributed by atoms with Crippen molar-refractivity contribution in [3.05, 3.63) is 47.3 Å². The lowest BCUT2D eigenvalue weighted by Gasteiger charge is -2.24. The van der Waals surface area contributed by atoms with E-state index in [-0.39, 0.29) is 5.82 Å². The topological polar surface area (TPSA) is 12.0 Å². The van der Waals surface area contributed by atoms with Gasteiger partial charge in [-0.25, -0.2) is 4.39 Å². The molecule has 0 aliphatic heterocycles. The van der Waals surface area contributed by atoms with Gasteiger partial charge in [-0.05, 0) is 56.3 Å². The van der Waals surface area contributed by atoms with Crippen LogP contribution in [0, 0.1) is 5.82 Å². The molecule has 1 aromatic carbocycles. The molecular formula is C16H22FN. The molecule has 0 heterocycles. The van der Waals surface area contributed by atoms with Gasteiger partial charge in [0.05, 0.1) is 0 Å². The van der Waals surface area contributed by atoms with Crippen molar-refractivity contribution in [1.82, 2.24) is 5.32 Å². The lowest BCUT2D eigenvalue weighted by atomic mass is 9.90. The summed E-state index contributed by atoms with van der Waals surface area (Å²) in [5.74, 6) is -0.139. The van der Waals surface area contributed by atoms with Crippen LogP contribution >= 0.6 is 0 Å². The van der Waals surface area contributed by atoms with Crippen molar-refractivity contribution in [1.29, 1.82) is 0 Å². The Morgan fingerprint density at radius 1 is 1.33 bits per heavy atom. The summed E-state index contributed by atoms with van der Waals surface area (Å²) < 4.78 is 13.2. The maximum Gasteiger partial charge on any atom is 0.123 e. The minimum atomic E-state index is -0.139. The highest BCUT2D eigenvalue weighted by atomic mass is 19.1. The van der Waals surface area contributed by atoms with Crippen molar-refractivity contribution in [2.24, 2.45) is 0 Å². The maximum absolute atomic E-state index is 13.2. The molecule has 0 saturated heterocycles. The van der Waals surface area contributed by atoms with E-state index in [1.807, 2.05) is 6.07 Å². The summed E-state index contributed by atoms with van der Waals surface area (Å²) >= 11 is 0. The molecule has 98 valence electrons. The third-order valence-electron chi connectivity index (χ3n) is 3.55. The zero-order valence-corrected chi connectivity index (χ0v) is 11.1. The molecule has 0 fully saturated rings. The molecule has 1 aromatic rings. The van der Waals surface area contributed by atoms with Gasteiger partial charge in [0.25, 0.3) is 0 Å². The Hall–Kier alpha value is -1.15. The summed E-state index contributed by atoms with van der Waals surface area (Å²) in [6.45, 7) is 3.08. The van der Waals surface area contributed by atoms with E-state index in [1.165, 1.54) is 37.3 Å². The van der Waals surface area contributed by atoms with Crippen molar-refractivity contribution in [3.63, 3.8) is 0 Å². The minimum absolute atomic E-state index is 0.139. The van der Waals surface area contributed by atoms with Gasteiger partial charge in [0.1, 0.15) is 5.82 Å². The van der Waals surface area contributed by atoms with E-state index in [0.717, 1.165) is 18.5 Å². The number of hydrogen-bond donors (Lipinski definition) is 1. The molecule has 1 N–H and O–H groups in total. The number of allylic oxidation sites excluding steroid dienone is 1.